The highest BCUT2D eigenvalue weighted by Gasteiger charge is 2.31. The molecule has 7 heteroatoms. The number of rotatable bonds is 8. The highest BCUT2D eigenvalue weighted by molar-refractivity contribution is 5.79. The number of methoxy groups -OCH3 is 1. The largest absolute Gasteiger partial charge is 0.497 e. The Bertz CT molecular complexity index is 650. The summed E-state index contributed by atoms with van der Waals surface area (Å²) in [4.78, 5) is 28.4. The van der Waals surface area contributed by atoms with Crippen LogP contribution in [0.3, 0.4) is 0 Å². The fraction of sp³-hybridized carbons (Fsp3) is 0.619. The Morgan fingerprint density at radius 2 is 1.93 bits per heavy atom. The molecule has 3 rings (SSSR count). The molecule has 2 aliphatic heterocycles. The number of piperidine rings is 1. The van der Waals surface area contributed by atoms with Gasteiger partial charge in [-0.15, -0.1) is 0 Å². The topological polar surface area (TPSA) is 85.1 Å². The van der Waals surface area contributed by atoms with E-state index in [2.05, 4.69) is 0 Å². The summed E-state index contributed by atoms with van der Waals surface area (Å²) < 4.78 is 11.0. The zero-order valence-electron chi connectivity index (χ0n) is 16.6. The molecule has 2 aliphatic rings. The van der Waals surface area contributed by atoms with Gasteiger partial charge in [-0.25, -0.2) is 0 Å². The van der Waals surface area contributed by atoms with Crippen molar-refractivity contribution in [3.63, 3.8) is 0 Å². The van der Waals surface area contributed by atoms with E-state index in [0.717, 1.165) is 56.7 Å². The summed E-state index contributed by atoms with van der Waals surface area (Å²) in [5.74, 6) is 0.667. The van der Waals surface area contributed by atoms with E-state index in [1.54, 1.807) is 7.11 Å². The summed E-state index contributed by atoms with van der Waals surface area (Å²) in [5, 5.41) is 0. The molecule has 28 heavy (non-hydrogen) atoms. The first-order chi connectivity index (χ1) is 13.5. The van der Waals surface area contributed by atoms with Gasteiger partial charge in [-0.1, -0.05) is 12.1 Å². The molecule has 0 saturated carbocycles. The van der Waals surface area contributed by atoms with Gasteiger partial charge in [0, 0.05) is 25.6 Å². The highest BCUT2D eigenvalue weighted by Crippen LogP contribution is 2.23. The fourth-order valence-electron chi connectivity index (χ4n) is 4.03. The summed E-state index contributed by atoms with van der Waals surface area (Å²) in [7, 11) is 1.65. The van der Waals surface area contributed by atoms with Gasteiger partial charge in [-0.05, 0) is 56.5 Å². The second-order valence-corrected chi connectivity index (χ2v) is 7.72. The molecule has 2 heterocycles. The van der Waals surface area contributed by atoms with Crippen molar-refractivity contribution in [2.45, 2.75) is 38.3 Å². The van der Waals surface area contributed by atoms with Crippen LogP contribution in [0, 0.1) is 5.92 Å². The van der Waals surface area contributed by atoms with Crippen molar-refractivity contribution >= 4 is 11.8 Å². The smallest absolute Gasteiger partial charge is 0.231 e. The molecule has 154 valence electrons. The number of benzene rings is 1. The van der Waals surface area contributed by atoms with Crippen molar-refractivity contribution in [1.29, 1.82) is 0 Å². The van der Waals surface area contributed by atoms with E-state index in [9.17, 15) is 9.59 Å². The third-order valence-corrected chi connectivity index (χ3v) is 5.61. The molecule has 0 aliphatic carbocycles. The van der Waals surface area contributed by atoms with E-state index in [4.69, 9.17) is 15.2 Å². The number of carbonyl (C=O) groups is 2. The summed E-state index contributed by atoms with van der Waals surface area (Å²) in [5.41, 5.74) is 6.37. The Morgan fingerprint density at radius 3 is 2.50 bits per heavy atom. The Kier molecular flexibility index (Phi) is 7.28. The zero-order valence-corrected chi connectivity index (χ0v) is 16.6. The molecule has 2 saturated heterocycles. The van der Waals surface area contributed by atoms with Gasteiger partial charge >= 0.3 is 0 Å². The van der Waals surface area contributed by atoms with E-state index >= 15 is 0 Å². The van der Waals surface area contributed by atoms with Crippen molar-refractivity contribution in [3.05, 3.63) is 29.8 Å². The maximum Gasteiger partial charge on any atom is 0.231 e. The van der Waals surface area contributed by atoms with Gasteiger partial charge in [-0.3, -0.25) is 14.5 Å². The highest BCUT2D eigenvalue weighted by atomic mass is 16.5. The second kappa shape index (κ2) is 9.89. The SMILES string of the molecule is COc1ccc(CN(CC2CCCO2)C(=O)C2CCN(CC(N)=O)CC2)cc1. The van der Waals surface area contributed by atoms with E-state index in [-0.39, 0.29) is 30.4 Å². The van der Waals surface area contributed by atoms with E-state index in [1.807, 2.05) is 34.1 Å². The van der Waals surface area contributed by atoms with Crippen LogP contribution in [-0.4, -0.2) is 67.6 Å². The lowest BCUT2D eigenvalue weighted by Gasteiger charge is -2.34. The van der Waals surface area contributed by atoms with Crippen molar-refractivity contribution < 1.29 is 19.1 Å². The molecule has 2 fully saturated rings. The van der Waals surface area contributed by atoms with E-state index < -0.39 is 0 Å². The molecular formula is C21H31N3O4. The lowest BCUT2D eigenvalue weighted by atomic mass is 9.94. The predicted octanol–water partition coefficient (Wildman–Crippen LogP) is 1.40. The van der Waals surface area contributed by atoms with Crippen molar-refractivity contribution in [2.24, 2.45) is 11.7 Å². The normalized spacial score (nSPS) is 20.8. The molecule has 0 spiro atoms. The Hall–Kier alpha value is -2.12. The molecule has 2 N–H and O–H groups in total. The van der Waals surface area contributed by atoms with Crippen LogP contribution in [0.4, 0.5) is 0 Å². The molecule has 1 aromatic carbocycles. The van der Waals surface area contributed by atoms with Gasteiger partial charge in [-0.2, -0.15) is 0 Å². The van der Waals surface area contributed by atoms with E-state index in [0.29, 0.717) is 13.1 Å². The third-order valence-electron chi connectivity index (χ3n) is 5.61. The minimum Gasteiger partial charge on any atom is -0.497 e. The van der Waals surface area contributed by atoms with Crippen LogP contribution in [0.25, 0.3) is 0 Å². The molecule has 2 amide bonds. The molecular weight excluding hydrogens is 358 g/mol. The number of ether oxygens (including phenoxy) is 2. The van der Waals surface area contributed by atoms with Crippen molar-refractivity contribution in [2.75, 3.05) is 39.9 Å². The van der Waals surface area contributed by atoms with Crippen LogP contribution in [0.2, 0.25) is 0 Å². The van der Waals surface area contributed by atoms with Gasteiger partial charge in [0.15, 0.2) is 0 Å². The van der Waals surface area contributed by atoms with Crippen molar-refractivity contribution in [3.8, 4) is 5.75 Å². The first kappa shape index (κ1) is 20.6. The first-order valence-electron chi connectivity index (χ1n) is 10.1. The molecule has 7 nitrogen and oxygen atoms in total. The van der Waals surface area contributed by atoms with Crippen LogP contribution < -0.4 is 10.5 Å². The molecule has 1 unspecified atom stereocenters. The number of hydrogen-bond acceptors (Lipinski definition) is 5. The average molecular weight is 389 g/mol. The van der Waals surface area contributed by atoms with Crippen LogP contribution in [0.5, 0.6) is 5.75 Å². The maximum absolute atomic E-state index is 13.3. The average Bonchev–Trinajstić information content (AvgIpc) is 3.21. The molecule has 1 atom stereocenters. The van der Waals surface area contributed by atoms with Gasteiger partial charge in [0.2, 0.25) is 11.8 Å². The predicted molar refractivity (Wildman–Crippen MR) is 106 cm³/mol. The number of likely N-dealkylation sites (tertiary alicyclic amines) is 1. The third kappa shape index (κ3) is 5.69. The lowest BCUT2D eigenvalue weighted by molar-refractivity contribution is -0.139. The lowest BCUT2D eigenvalue weighted by Crippen LogP contribution is -2.46. The molecule has 0 radical (unpaired) electrons. The Morgan fingerprint density at radius 1 is 1.21 bits per heavy atom. The number of hydrogen-bond donors (Lipinski definition) is 1. The van der Waals surface area contributed by atoms with Gasteiger partial charge in [0.05, 0.1) is 19.8 Å². The summed E-state index contributed by atoms with van der Waals surface area (Å²) in [6.45, 7) is 3.72. The number of nitrogens with two attached hydrogens (primary N) is 1. The van der Waals surface area contributed by atoms with Crippen LogP contribution in [0.15, 0.2) is 24.3 Å². The minimum absolute atomic E-state index is 0.0104. The minimum atomic E-state index is -0.315. The first-order valence-corrected chi connectivity index (χ1v) is 10.1. The zero-order chi connectivity index (χ0) is 19.9. The summed E-state index contributed by atoms with van der Waals surface area (Å²) >= 11 is 0. The number of amides is 2. The number of carbonyl (C=O) groups excluding carboxylic acids is 2. The summed E-state index contributed by atoms with van der Waals surface area (Å²) in [6.07, 6.45) is 3.70. The number of nitrogens with zero attached hydrogens (tertiary/aromatic N) is 2. The van der Waals surface area contributed by atoms with Gasteiger partial charge < -0.3 is 20.1 Å². The fourth-order valence-corrected chi connectivity index (χ4v) is 4.03. The molecule has 0 bridgehead atoms. The summed E-state index contributed by atoms with van der Waals surface area (Å²) in [6, 6.07) is 7.85. The Labute approximate surface area is 166 Å². The molecule has 1 aromatic rings. The number of primary amides is 1. The monoisotopic (exact) mass is 389 g/mol. The van der Waals surface area contributed by atoms with Crippen LogP contribution in [-0.2, 0) is 20.9 Å². The van der Waals surface area contributed by atoms with Gasteiger partial charge in [0.1, 0.15) is 5.75 Å². The van der Waals surface area contributed by atoms with Crippen molar-refractivity contribution in [1.82, 2.24) is 9.80 Å². The van der Waals surface area contributed by atoms with E-state index in [1.165, 1.54) is 0 Å². The molecule has 0 aromatic heterocycles. The second-order valence-electron chi connectivity index (χ2n) is 7.72. The van der Waals surface area contributed by atoms with Crippen LogP contribution in [0.1, 0.15) is 31.2 Å². The Balaban J connectivity index is 1.63. The van der Waals surface area contributed by atoms with Gasteiger partial charge in [0.25, 0.3) is 0 Å². The maximum atomic E-state index is 13.3. The quantitative estimate of drug-likeness (QED) is 0.726. The standard InChI is InChI=1S/C21H31N3O4/c1-27-18-6-4-16(5-7-18)13-24(14-19-3-2-12-28-19)21(26)17-8-10-23(11-9-17)15-20(22)25/h4-7,17,19H,2-3,8-15H2,1H3,(H2,22,25). The van der Waals surface area contributed by atoms with Crippen LogP contribution >= 0.6 is 0 Å².